The summed E-state index contributed by atoms with van der Waals surface area (Å²) in [6.45, 7) is 3.07. The fraction of sp³-hybridized carbons (Fsp3) is 0.368. The largest absolute Gasteiger partial charge is 0.494 e. The van der Waals surface area contributed by atoms with Crippen LogP contribution in [0.5, 0.6) is 5.75 Å². The van der Waals surface area contributed by atoms with Crippen molar-refractivity contribution in [3.63, 3.8) is 0 Å². The lowest BCUT2D eigenvalue weighted by Crippen LogP contribution is -2.54. The van der Waals surface area contributed by atoms with Crippen molar-refractivity contribution in [2.75, 3.05) is 19.7 Å². The second-order valence-electron chi connectivity index (χ2n) is 6.03. The van der Waals surface area contributed by atoms with Gasteiger partial charge in [-0.25, -0.2) is 0 Å². The van der Waals surface area contributed by atoms with E-state index in [0.717, 1.165) is 31.9 Å². The van der Waals surface area contributed by atoms with Gasteiger partial charge < -0.3 is 10.1 Å². The first-order valence-electron chi connectivity index (χ1n) is 7.79. The van der Waals surface area contributed by atoms with Crippen LogP contribution in [0.1, 0.15) is 18.4 Å². The second kappa shape index (κ2) is 6.77. The van der Waals surface area contributed by atoms with Gasteiger partial charge in [0.05, 0.1) is 6.61 Å². The van der Waals surface area contributed by atoms with E-state index in [1.54, 1.807) is 0 Å². The van der Waals surface area contributed by atoms with E-state index in [9.17, 15) is 0 Å². The Morgan fingerprint density at radius 3 is 2.19 bits per heavy atom. The summed E-state index contributed by atoms with van der Waals surface area (Å²) in [4.78, 5) is 0. The van der Waals surface area contributed by atoms with E-state index in [2.05, 4.69) is 35.6 Å². The Labute approximate surface area is 127 Å². The minimum absolute atomic E-state index is 0.432. The van der Waals surface area contributed by atoms with Crippen molar-refractivity contribution >= 4 is 0 Å². The van der Waals surface area contributed by atoms with E-state index in [-0.39, 0.29) is 0 Å². The molecule has 1 N–H and O–H groups in total. The number of para-hydroxylation sites is 1. The van der Waals surface area contributed by atoms with E-state index in [1.165, 1.54) is 18.4 Å². The van der Waals surface area contributed by atoms with Crippen molar-refractivity contribution in [3.8, 4) is 5.75 Å². The number of rotatable bonds is 7. The highest BCUT2D eigenvalue weighted by Crippen LogP contribution is 2.32. The quantitative estimate of drug-likeness (QED) is 0.782. The minimum atomic E-state index is 0.432. The molecule has 0 bridgehead atoms. The third kappa shape index (κ3) is 3.85. The van der Waals surface area contributed by atoms with Gasteiger partial charge >= 0.3 is 0 Å². The molecule has 1 aliphatic rings. The monoisotopic (exact) mass is 281 g/mol. The first-order chi connectivity index (χ1) is 10.4. The molecule has 1 heterocycles. The zero-order chi connectivity index (χ0) is 14.4. The maximum atomic E-state index is 5.80. The zero-order valence-electron chi connectivity index (χ0n) is 12.4. The predicted octanol–water partition coefficient (Wildman–Crippen LogP) is 3.68. The SMILES string of the molecule is c1ccc(CC2(CCCOc3ccccc3)CNC2)cc1. The van der Waals surface area contributed by atoms with E-state index in [0.29, 0.717) is 5.41 Å². The Morgan fingerprint density at radius 1 is 0.905 bits per heavy atom. The predicted molar refractivity (Wildman–Crippen MR) is 86.6 cm³/mol. The van der Waals surface area contributed by atoms with Crippen molar-refractivity contribution in [1.82, 2.24) is 5.32 Å². The summed E-state index contributed by atoms with van der Waals surface area (Å²) in [5, 5.41) is 3.44. The molecule has 1 saturated heterocycles. The number of hydrogen-bond donors (Lipinski definition) is 1. The van der Waals surface area contributed by atoms with Crippen LogP contribution < -0.4 is 10.1 Å². The highest BCUT2D eigenvalue weighted by atomic mass is 16.5. The molecule has 0 saturated carbocycles. The van der Waals surface area contributed by atoms with Crippen LogP contribution in [-0.4, -0.2) is 19.7 Å². The number of nitrogens with one attached hydrogen (secondary N) is 1. The van der Waals surface area contributed by atoms with Crippen LogP contribution in [0.3, 0.4) is 0 Å². The highest BCUT2D eigenvalue weighted by Gasteiger charge is 2.36. The summed E-state index contributed by atoms with van der Waals surface area (Å²) >= 11 is 0. The molecule has 0 radical (unpaired) electrons. The van der Waals surface area contributed by atoms with Gasteiger partial charge in [-0.3, -0.25) is 0 Å². The van der Waals surface area contributed by atoms with Crippen LogP contribution in [0.4, 0.5) is 0 Å². The lowest BCUT2D eigenvalue weighted by molar-refractivity contribution is 0.137. The molecular formula is C19H23NO. The Balaban J connectivity index is 1.46. The van der Waals surface area contributed by atoms with Crippen molar-refractivity contribution in [2.45, 2.75) is 19.3 Å². The first kappa shape index (κ1) is 14.2. The summed E-state index contributed by atoms with van der Waals surface area (Å²) in [6, 6.07) is 20.9. The number of ether oxygens (including phenoxy) is 1. The molecule has 1 aliphatic heterocycles. The topological polar surface area (TPSA) is 21.3 Å². The average Bonchev–Trinajstić information content (AvgIpc) is 2.51. The lowest BCUT2D eigenvalue weighted by atomic mass is 9.73. The molecular weight excluding hydrogens is 258 g/mol. The van der Waals surface area contributed by atoms with Gasteiger partial charge in [0.25, 0.3) is 0 Å². The van der Waals surface area contributed by atoms with Crippen LogP contribution in [0.2, 0.25) is 0 Å². The molecule has 1 fully saturated rings. The molecule has 2 heteroatoms. The Kier molecular flexibility index (Phi) is 4.56. The van der Waals surface area contributed by atoms with Gasteiger partial charge in [-0.15, -0.1) is 0 Å². The maximum absolute atomic E-state index is 5.80. The highest BCUT2D eigenvalue weighted by molar-refractivity contribution is 5.21. The van der Waals surface area contributed by atoms with Gasteiger partial charge in [-0.1, -0.05) is 48.5 Å². The third-order valence-electron chi connectivity index (χ3n) is 4.29. The molecule has 2 aromatic carbocycles. The van der Waals surface area contributed by atoms with Gasteiger partial charge in [-0.2, -0.15) is 0 Å². The van der Waals surface area contributed by atoms with Crippen LogP contribution in [-0.2, 0) is 6.42 Å². The van der Waals surface area contributed by atoms with Crippen molar-refractivity contribution in [2.24, 2.45) is 5.41 Å². The first-order valence-corrected chi connectivity index (χ1v) is 7.79. The molecule has 0 unspecified atom stereocenters. The van der Waals surface area contributed by atoms with Crippen LogP contribution >= 0.6 is 0 Å². The van der Waals surface area contributed by atoms with Crippen molar-refractivity contribution < 1.29 is 4.74 Å². The Hall–Kier alpha value is -1.80. The zero-order valence-corrected chi connectivity index (χ0v) is 12.4. The van der Waals surface area contributed by atoms with Gasteiger partial charge in [-0.05, 0) is 42.4 Å². The molecule has 2 nitrogen and oxygen atoms in total. The van der Waals surface area contributed by atoms with Gasteiger partial charge in [0.1, 0.15) is 5.75 Å². The number of hydrogen-bond acceptors (Lipinski definition) is 2. The molecule has 0 spiro atoms. The molecule has 0 aromatic heterocycles. The maximum Gasteiger partial charge on any atom is 0.119 e. The standard InChI is InChI=1S/C19H23NO/c1-3-8-17(9-4-1)14-19(15-20-16-19)12-7-13-21-18-10-5-2-6-11-18/h1-6,8-11,20H,7,12-16H2. The normalized spacial score (nSPS) is 16.2. The van der Waals surface area contributed by atoms with Crippen molar-refractivity contribution in [1.29, 1.82) is 0 Å². The van der Waals surface area contributed by atoms with Crippen LogP contribution in [0.25, 0.3) is 0 Å². The summed E-state index contributed by atoms with van der Waals surface area (Å²) in [5.41, 5.74) is 1.88. The fourth-order valence-corrected chi connectivity index (χ4v) is 3.05. The van der Waals surface area contributed by atoms with E-state index in [1.807, 2.05) is 30.3 Å². The molecule has 0 atom stereocenters. The average molecular weight is 281 g/mol. The van der Waals surface area contributed by atoms with Crippen molar-refractivity contribution in [3.05, 3.63) is 66.2 Å². The summed E-state index contributed by atoms with van der Waals surface area (Å²) < 4.78 is 5.80. The van der Waals surface area contributed by atoms with Gasteiger partial charge in [0, 0.05) is 13.1 Å². The summed E-state index contributed by atoms with van der Waals surface area (Å²) in [7, 11) is 0. The van der Waals surface area contributed by atoms with Crippen LogP contribution in [0, 0.1) is 5.41 Å². The smallest absolute Gasteiger partial charge is 0.119 e. The minimum Gasteiger partial charge on any atom is -0.494 e. The molecule has 2 aromatic rings. The lowest BCUT2D eigenvalue weighted by Gasteiger charge is -2.43. The van der Waals surface area contributed by atoms with E-state index < -0.39 is 0 Å². The van der Waals surface area contributed by atoms with E-state index >= 15 is 0 Å². The molecule has 0 amide bonds. The molecule has 3 rings (SSSR count). The summed E-state index contributed by atoms with van der Waals surface area (Å²) in [6.07, 6.45) is 3.51. The molecule has 110 valence electrons. The number of benzene rings is 2. The van der Waals surface area contributed by atoms with Gasteiger partial charge in [0.2, 0.25) is 0 Å². The second-order valence-corrected chi connectivity index (χ2v) is 6.03. The van der Waals surface area contributed by atoms with Crippen LogP contribution in [0.15, 0.2) is 60.7 Å². The Bertz CT molecular complexity index is 534. The van der Waals surface area contributed by atoms with Gasteiger partial charge in [0.15, 0.2) is 0 Å². The Morgan fingerprint density at radius 2 is 1.57 bits per heavy atom. The third-order valence-corrected chi connectivity index (χ3v) is 4.29. The summed E-state index contributed by atoms with van der Waals surface area (Å²) in [5.74, 6) is 0.973. The molecule has 0 aliphatic carbocycles. The van der Waals surface area contributed by atoms with E-state index in [4.69, 9.17) is 4.74 Å². The molecule has 21 heavy (non-hydrogen) atoms. The fourth-order valence-electron chi connectivity index (χ4n) is 3.05.